The number of carbonyl (C=O) groups excluding carboxylic acids is 2. The van der Waals surface area contributed by atoms with E-state index in [1.807, 2.05) is 6.92 Å². The first-order valence-electron chi connectivity index (χ1n) is 7.61. The van der Waals surface area contributed by atoms with Crippen molar-refractivity contribution in [1.29, 1.82) is 0 Å². The lowest BCUT2D eigenvalue weighted by Gasteiger charge is -2.11. The normalized spacial score (nSPS) is 10.1. The molecule has 2 aromatic carbocycles. The van der Waals surface area contributed by atoms with E-state index in [1.165, 1.54) is 0 Å². The second-order valence-corrected chi connectivity index (χ2v) is 5.93. The van der Waals surface area contributed by atoms with Crippen LogP contribution in [-0.4, -0.2) is 25.5 Å². The first-order chi connectivity index (χ1) is 11.6. The molecule has 0 bridgehead atoms. The van der Waals surface area contributed by atoms with E-state index in [0.717, 1.165) is 6.42 Å². The molecule has 0 aliphatic carbocycles. The third-order valence-corrected chi connectivity index (χ3v) is 3.92. The summed E-state index contributed by atoms with van der Waals surface area (Å²) in [7, 11) is 1.55. The molecule has 0 fully saturated rings. The number of benzene rings is 2. The number of hydrogen-bond donors (Lipinski definition) is 2. The average Bonchev–Trinajstić information content (AvgIpc) is 2.60. The average molecular weight is 391 g/mol. The lowest BCUT2D eigenvalue weighted by Crippen LogP contribution is -2.21. The maximum atomic E-state index is 12.5. The van der Waals surface area contributed by atoms with Gasteiger partial charge in [0.15, 0.2) is 0 Å². The molecule has 0 saturated heterocycles. The van der Waals surface area contributed by atoms with Crippen molar-refractivity contribution < 1.29 is 14.3 Å². The predicted molar refractivity (Wildman–Crippen MR) is 97.7 cm³/mol. The topological polar surface area (TPSA) is 67.4 Å². The third-order valence-electron chi connectivity index (χ3n) is 3.30. The Morgan fingerprint density at radius 3 is 2.54 bits per heavy atom. The van der Waals surface area contributed by atoms with E-state index >= 15 is 0 Å². The highest BCUT2D eigenvalue weighted by atomic mass is 79.9. The first kappa shape index (κ1) is 18.0. The zero-order chi connectivity index (χ0) is 17.5. The Labute approximate surface area is 149 Å². The Bertz CT molecular complexity index is 747. The van der Waals surface area contributed by atoms with Gasteiger partial charge >= 0.3 is 0 Å². The van der Waals surface area contributed by atoms with Crippen molar-refractivity contribution in [3.05, 3.63) is 58.1 Å². The molecule has 0 heterocycles. The number of nitrogens with one attached hydrogen (secondary N) is 2. The largest absolute Gasteiger partial charge is 0.492 e. The van der Waals surface area contributed by atoms with Crippen molar-refractivity contribution in [2.24, 2.45) is 0 Å². The zero-order valence-electron chi connectivity index (χ0n) is 13.6. The molecule has 0 atom stereocenters. The second-order valence-electron chi connectivity index (χ2n) is 5.07. The van der Waals surface area contributed by atoms with Crippen molar-refractivity contribution in [1.82, 2.24) is 5.32 Å². The molecule has 0 aliphatic heterocycles. The van der Waals surface area contributed by atoms with Gasteiger partial charge in [0.2, 0.25) is 0 Å². The van der Waals surface area contributed by atoms with Crippen LogP contribution in [0.2, 0.25) is 0 Å². The maximum Gasteiger partial charge on any atom is 0.255 e. The smallest absolute Gasteiger partial charge is 0.255 e. The lowest BCUT2D eigenvalue weighted by molar-refractivity contribution is 0.0964. The summed E-state index contributed by atoms with van der Waals surface area (Å²) in [5.41, 5.74) is 1.34. The molecule has 2 N–H and O–H groups in total. The summed E-state index contributed by atoms with van der Waals surface area (Å²) in [5.74, 6) is 0.142. The fourth-order valence-corrected chi connectivity index (χ4v) is 2.58. The van der Waals surface area contributed by atoms with Crippen LogP contribution < -0.4 is 15.4 Å². The summed E-state index contributed by atoms with van der Waals surface area (Å²) >= 11 is 3.41. The van der Waals surface area contributed by atoms with Gasteiger partial charge in [0.05, 0.1) is 22.3 Å². The van der Waals surface area contributed by atoms with Gasteiger partial charge in [-0.2, -0.15) is 0 Å². The van der Waals surface area contributed by atoms with Crippen LogP contribution in [0.25, 0.3) is 0 Å². The minimum Gasteiger partial charge on any atom is -0.492 e. The zero-order valence-corrected chi connectivity index (χ0v) is 15.1. The van der Waals surface area contributed by atoms with Gasteiger partial charge in [-0.05, 0) is 52.7 Å². The van der Waals surface area contributed by atoms with Crippen LogP contribution in [0.4, 0.5) is 5.69 Å². The van der Waals surface area contributed by atoms with Crippen LogP contribution in [-0.2, 0) is 0 Å². The Balaban J connectivity index is 2.19. The molecule has 2 aromatic rings. The number of anilines is 1. The molecule has 0 saturated carbocycles. The van der Waals surface area contributed by atoms with Crippen LogP contribution >= 0.6 is 15.9 Å². The second kappa shape index (κ2) is 8.49. The van der Waals surface area contributed by atoms with Gasteiger partial charge in [0.25, 0.3) is 11.8 Å². The first-order valence-corrected chi connectivity index (χ1v) is 8.41. The SMILES string of the molecule is CCCOc1ccc(C(=O)Nc2ccccc2C(=O)NC)cc1Br. The minimum atomic E-state index is -0.297. The Morgan fingerprint density at radius 1 is 1.12 bits per heavy atom. The van der Waals surface area contributed by atoms with Crippen molar-refractivity contribution in [3.63, 3.8) is 0 Å². The molecule has 0 unspecified atom stereocenters. The minimum absolute atomic E-state index is 0.254. The summed E-state index contributed by atoms with van der Waals surface area (Å²) in [6, 6.07) is 12.0. The summed E-state index contributed by atoms with van der Waals surface area (Å²) in [6.45, 7) is 2.64. The van der Waals surface area contributed by atoms with Gasteiger partial charge in [-0.1, -0.05) is 19.1 Å². The summed E-state index contributed by atoms with van der Waals surface area (Å²) in [6.07, 6.45) is 0.908. The highest BCUT2D eigenvalue weighted by Crippen LogP contribution is 2.27. The fraction of sp³-hybridized carbons (Fsp3) is 0.222. The lowest BCUT2D eigenvalue weighted by atomic mass is 10.1. The highest BCUT2D eigenvalue weighted by Gasteiger charge is 2.14. The molecule has 2 rings (SSSR count). The van der Waals surface area contributed by atoms with Crippen LogP contribution in [0.3, 0.4) is 0 Å². The Kier molecular flexibility index (Phi) is 6.37. The van der Waals surface area contributed by atoms with E-state index in [-0.39, 0.29) is 11.8 Å². The quantitative estimate of drug-likeness (QED) is 0.786. The van der Waals surface area contributed by atoms with Crippen LogP contribution in [0.15, 0.2) is 46.9 Å². The van der Waals surface area contributed by atoms with Gasteiger partial charge in [-0.15, -0.1) is 0 Å². The molecule has 0 aromatic heterocycles. The van der Waals surface area contributed by atoms with Gasteiger partial charge in [0.1, 0.15) is 5.75 Å². The molecule has 2 amide bonds. The fourth-order valence-electron chi connectivity index (χ4n) is 2.09. The van der Waals surface area contributed by atoms with E-state index in [0.29, 0.717) is 33.6 Å². The molecule has 5 nitrogen and oxygen atoms in total. The van der Waals surface area contributed by atoms with Crippen molar-refractivity contribution >= 4 is 33.4 Å². The van der Waals surface area contributed by atoms with Gasteiger partial charge in [-0.3, -0.25) is 9.59 Å². The summed E-state index contributed by atoms with van der Waals surface area (Å²) < 4.78 is 6.28. The molecule has 24 heavy (non-hydrogen) atoms. The monoisotopic (exact) mass is 390 g/mol. The van der Waals surface area contributed by atoms with E-state index in [1.54, 1.807) is 49.5 Å². The molecule has 6 heteroatoms. The van der Waals surface area contributed by atoms with E-state index in [4.69, 9.17) is 4.74 Å². The summed E-state index contributed by atoms with van der Waals surface area (Å²) in [4.78, 5) is 24.3. The molecule has 126 valence electrons. The standard InChI is InChI=1S/C18H19BrN2O3/c1-3-10-24-16-9-8-12(11-14(16)19)17(22)21-15-7-5-4-6-13(15)18(23)20-2/h4-9,11H,3,10H2,1-2H3,(H,20,23)(H,21,22). The molecular formula is C18H19BrN2O3. The van der Waals surface area contributed by atoms with Crippen molar-refractivity contribution in [3.8, 4) is 5.75 Å². The van der Waals surface area contributed by atoms with Gasteiger partial charge < -0.3 is 15.4 Å². The summed E-state index contributed by atoms with van der Waals surface area (Å²) in [5, 5.41) is 5.33. The number of hydrogen-bond acceptors (Lipinski definition) is 3. The predicted octanol–water partition coefficient (Wildman–Crippen LogP) is 3.85. The number of ether oxygens (including phenoxy) is 1. The maximum absolute atomic E-state index is 12.5. The van der Waals surface area contributed by atoms with E-state index in [2.05, 4.69) is 26.6 Å². The third kappa shape index (κ3) is 4.35. The number of para-hydroxylation sites is 1. The Morgan fingerprint density at radius 2 is 1.88 bits per heavy atom. The van der Waals surface area contributed by atoms with Crippen molar-refractivity contribution in [2.75, 3.05) is 19.0 Å². The van der Waals surface area contributed by atoms with Gasteiger partial charge in [-0.25, -0.2) is 0 Å². The van der Waals surface area contributed by atoms with Gasteiger partial charge in [0, 0.05) is 12.6 Å². The molecule has 0 aliphatic rings. The Hall–Kier alpha value is -2.34. The molecule has 0 radical (unpaired) electrons. The van der Waals surface area contributed by atoms with Crippen LogP contribution in [0, 0.1) is 0 Å². The number of carbonyl (C=O) groups is 2. The van der Waals surface area contributed by atoms with E-state index < -0.39 is 0 Å². The number of halogens is 1. The van der Waals surface area contributed by atoms with E-state index in [9.17, 15) is 9.59 Å². The number of amides is 2. The van der Waals surface area contributed by atoms with Crippen LogP contribution in [0.1, 0.15) is 34.1 Å². The highest BCUT2D eigenvalue weighted by molar-refractivity contribution is 9.10. The molecule has 0 spiro atoms. The number of rotatable bonds is 6. The van der Waals surface area contributed by atoms with Crippen molar-refractivity contribution in [2.45, 2.75) is 13.3 Å². The van der Waals surface area contributed by atoms with Crippen LogP contribution in [0.5, 0.6) is 5.75 Å². The molecular weight excluding hydrogens is 372 g/mol.